The zero-order chi connectivity index (χ0) is 59.1. The van der Waals surface area contributed by atoms with Crippen LogP contribution in [0.25, 0.3) is 10.9 Å². The number of nitrogens with one attached hydrogen (secondary N) is 9. The largest absolute Gasteiger partial charge is 0.481 e. The van der Waals surface area contributed by atoms with Crippen molar-refractivity contribution >= 4 is 82.0 Å². The number of carbonyl (C=O) groups is 12. The quantitative estimate of drug-likeness (QED) is 0.0349. The summed E-state index contributed by atoms with van der Waals surface area (Å²) in [4.78, 5) is 162. The van der Waals surface area contributed by atoms with Crippen LogP contribution in [0, 0.1) is 17.8 Å². The molecule has 0 aliphatic carbocycles. The van der Waals surface area contributed by atoms with Gasteiger partial charge in [-0.05, 0) is 54.2 Å². The second kappa shape index (κ2) is 31.7. The van der Waals surface area contributed by atoms with E-state index >= 15 is 0 Å². The van der Waals surface area contributed by atoms with Gasteiger partial charge in [-0.15, -0.1) is 0 Å². The molecule has 9 atom stereocenters. The first kappa shape index (κ1) is 64.9. The van der Waals surface area contributed by atoms with E-state index in [0.29, 0.717) is 28.5 Å². The first-order valence-corrected chi connectivity index (χ1v) is 25.9. The van der Waals surface area contributed by atoms with Gasteiger partial charge in [0.2, 0.25) is 53.2 Å². The number of hydrogen-bond donors (Lipinski definition) is 14. The fourth-order valence-electron chi connectivity index (χ4n) is 8.19. The highest BCUT2D eigenvalue weighted by Crippen LogP contribution is 2.20. The molecule has 26 heteroatoms. The minimum atomic E-state index is -2.01. The topological polar surface area (TPSA) is 430 Å². The number of H-pyrrole nitrogens is 1. The van der Waals surface area contributed by atoms with E-state index in [-0.39, 0.29) is 43.4 Å². The molecule has 0 bridgehead atoms. The van der Waals surface area contributed by atoms with Crippen LogP contribution in [-0.4, -0.2) is 146 Å². The number of aromatic amines is 1. The third-order valence-electron chi connectivity index (χ3n) is 12.6. The minimum Gasteiger partial charge on any atom is -0.481 e. The second-order valence-corrected chi connectivity index (χ2v) is 20.2. The Morgan fingerprint density at radius 1 is 0.544 bits per heavy atom. The number of carboxylic acids is 3. The molecular formula is C53H75N11O15. The predicted octanol–water partition coefficient (Wildman–Crippen LogP) is -0.772. The molecule has 0 fully saturated rings. The van der Waals surface area contributed by atoms with Crippen molar-refractivity contribution in [1.82, 2.24) is 47.5 Å². The minimum absolute atomic E-state index is 0.0598. The van der Waals surface area contributed by atoms with Crippen LogP contribution in [0.2, 0.25) is 0 Å². The van der Waals surface area contributed by atoms with E-state index in [9.17, 15) is 72.9 Å². The molecule has 0 saturated heterocycles. The standard InChI is InChI=1S/C53H75N11O15/c1-7-29(6)45(55)52(77)64-35(19-27(2)3)48(73)59-34(17-18-43(67)68)47(72)63-39(24-44(69)70)51(76)61-37(22-31-25-56-33-16-12-11-15-32(31)33)49(74)62-38(23-41(54)65)50(75)60-36(21-30-13-9-8-10-14-30)46(71)57-26-42(66)58-40(53(78)79)20-28(4)5/h8-16,25,27-29,34-40,45,56H,7,17-24,26,55H2,1-6H3,(H2,54,65)(H,57,71)(H,58,66)(H,59,73)(H,60,75)(H,61,76)(H,62,74)(H,63,72)(H,64,77)(H,67,68)(H,69,70)(H,78,79)/t29-,34-,35-,36-,37-,38-,39-,40-,45-/m0/s1. The van der Waals surface area contributed by atoms with Crippen LogP contribution >= 0.6 is 0 Å². The van der Waals surface area contributed by atoms with Crippen molar-refractivity contribution < 1.29 is 72.9 Å². The molecule has 0 aliphatic rings. The predicted molar refractivity (Wildman–Crippen MR) is 286 cm³/mol. The molecular weight excluding hydrogens is 1030 g/mol. The van der Waals surface area contributed by atoms with Gasteiger partial charge in [0.1, 0.15) is 42.3 Å². The Bertz CT molecular complexity index is 2640. The molecule has 9 amide bonds. The van der Waals surface area contributed by atoms with Gasteiger partial charge in [0.15, 0.2) is 0 Å². The van der Waals surface area contributed by atoms with Crippen molar-refractivity contribution in [2.45, 2.75) is 148 Å². The number of carbonyl (C=O) groups excluding carboxylic acids is 9. The maximum Gasteiger partial charge on any atom is 0.326 e. The summed E-state index contributed by atoms with van der Waals surface area (Å²) in [6, 6.07) is 2.76. The fraction of sp³-hybridized carbons (Fsp3) is 0.509. The van der Waals surface area contributed by atoms with Crippen molar-refractivity contribution in [2.75, 3.05) is 6.54 Å². The molecule has 2 aromatic carbocycles. The Labute approximate surface area is 456 Å². The van der Waals surface area contributed by atoms with E-state index in [4.69, 9.17) is 11.5 Å². The number of rotatable bonds is 34. The Kier molecular flexibility index (Phi) is 26.0. The average molecular weight is 1110 g/mol. The van der Waals surface area contributed by atoms with Crippen molar-refractivity contribution in [1.29, 1.82) is 0 Å². The fourth-order valence-corrected chi connectivity index (χ4v) is 8.19. The van der Waals surface area contributed by atoms with Gasteiger partial charge < -0.3 is 74.3 Å². The van der Waals surface area contributed by atoms with Gasteiger partial charge in [-0.2, -0.15) is 0 Å². The Morgan fingerprint density at radius 3 is 1.59 bits per heavy atom. The first-order valence-electron chi connectivity index (χ1n) is 25.9. The summed E-state index contributed by atoms with van der Waals surface area (Å²) in [5.41, 5.74) is 13.2. The highest BCUT2D eigenvalue weighted by atomic mass is 16.4. The lowest BCUT2D eigenvalue weighted by Crippen LogP contribution is -2.61. The zero-order valence-corrected chi connectivity index (χ0v) is 45.1. The summed E-state index contributed by atoms with van der Waals surface area (Å²) in [6.45, 7) is 9.90. The van der Waals surface area contributed by atoms with E-state index < -0.39 is 152 Å². The van der Waals surface area contributed by atoms with Crippen molar-refractivity contribution in [3.8, 4) is 0 Å². The molecule has 0 aliphatic heterocycles. The Morgan fingerprint density at radius 2 is 1.04 bits per heavy atom. The van der Waals surface area contributed by atoms with Crippen LogP contribution in [0.1, 0.15) is 97.6 Å². The molecule has 0 spiro atoms. The molecule has 79 heavy (non-hydrogen) atoms. The number of nitrogens with two attached hydrogens (primary N) is 2. The molecule has 0 saturated carbocycles. The maximum atomic E-state index is 14.5. The number of fused-ring (bicyclic) bond motifs is 1. The highest BCUT2D eigenvalue weighted by molar-refractivity contribution is 6.00. The summed E-state index contributed by atoms with van der Waals surface area (Å²) >= 11 is 0. The number of para-hydroxylation sites is 1. The monoisotopic (exact) mass is 1110 g/mol. The lowest BCUT2D eigenvalue weighted by molar-refractivity contribution is -0.142. The van der Waals surface area contributed by atoms with E-state index in [2.05, 4.69) is 47.5 Å². The SMILES string of the molecule is CC[C@H](C)[C@H](N)C(=O)N[C@@H](CC(C)C)C(=O)N[C@@H](CCC(=O)O)C(=O)N[C@@H](CC(=O)O)C(=O)N[C@@H](Cc1c[nH]c2ccccc12)C(=O)N[C@@H](CC(N)=O)C(=O)N[C@@H](Cc1ccccc1)C(=O)NCC(=O)N[C@@H](CC(C)C)C(=O)O. The molecule has 1 aromatic heterocycles. The molecule has 3 rings (SSSR count). The van der Waals surface area contributed by atoms with E-state index in [1.54, 1.807) is 89.2 Å². The van der Waals surface area contributed by atoms with Gasteiger partial charge in [0.25, 0.3) is 0 Å². The summed E-state index contributed by atoms with van der Waals surface area (Å²) < 4.78 is 0. The smallest absolute Gasteiger partial charge is 0.326 e. The maximum absolute atomic E-state index is 14.5. The summed E-state index contributed by atoms with van der Waals surface area (Å²) in [6.07, 6.45) is -1.59. The number of hydrogen-bond acceptors (Lipinski definition) is 13. The number of aliphatic carboxylic acids is 3. The van der Waals surface area contributed by atoms with Crippen molar-refractivity contribution in [3.05, 3.63) is 71.9 Å². The Hall–Kier alpha value is -8.42. The molecule has 1 heterocycles. The molecule has 432 valence electrons. The number of primary amides is 1. The van der Waals surface area contributed by atoms with Gasteiger partial charge >= 0.3 is 17.9 Å². The van der Waals surface area contributed by atoms with Gasteiger partial charge in [-0.1, -0.05) is 96.5 Å². The summed E-state index contributed by atoms with van der Waals surface area (Å²) in [5.74, 6) is -14.0. The van der Waals surface area contributed by atoms with Gasteiger partial charge in [0.05, 0.1) is 25.4 Å². The third kappa shape index (κ3) is 22.2. The summed E-state index contributed by atoms with van der Waals surface area (Å²) in [5, 5.41) is 48.9. The van der Waals surface area contributed by atoms with Gasteiger partial charge in [-0.3, -0.25) is 52.7 Å². The van der Waals surface area contributed by atoms with Crippen LogP contribution < -0.4 is 54.0 Å². The molecule has 0 unspecified atom stereocenters. The first-order chi connectivity index (χ1) is 37.2. The lowest BCUT2D eigenvalue weighted by Gasteiger charge is -2.28. The molecule has 0 radical (unpaired) electrons. The molecule has 26 nitrogen and oxygen atoms in total. The van der Waals surface area contributed by atoms with E-state index in [0.717, 1.165) is 0 Å². The number of benzene rings is 2. The van der Waals surface area contributed by atoms with Crippen molar-refractivity contribution in [3.63, 3.8) is 0 Å². The van der Waals surface area contributed by atoms with E-state index in [1.807, 2.05) is 6.92 Å². The third-order valence-corrected chi connectivity index (χ3v) is 12.6. The number of carboxylic acid groups (broad SMARTS) is 3. The number of amides is 9. The molecule has 3 aromatic rings. The van der Waals surface area contributed by atoms with Crippen molar-refractivity contribution in [2.24, 2.45) is 29.2 Å². The van der Waals surface area contributed by atoms with Crippen LogP contribution in [0.15, 0.2) is 60.8 Å². The lowest BCUT2D eigenvalue weighted by atomic mass is 9.97. The second-order valence-electron chi connectivity index (χ2n) is 20.2. The van der Waals surface area contributed by atoms with Gasteiger partial charge in [-0.25, -0.2) is 4.79 Å². The van der Waals surface area contributed by atoms with Crippen LogP contribution in [0.3, 0.4) is 0 Å². The van der Waals surface area contributed by atoms with Crippen LogP contribution in [-0.2, 0) is 70.4 Å². The highest BCUT2D eigenvalue weighted by Gasteiger charge is 2.36. The van der Waals surface area contributed by atoms with Crippen LogP contribution in [0.5, 0.6) is 0 Å². The normalized spacial score (nSPS) is 14.6. The van der Waals surface area contributed by atoms with Crippen LogP contribution in [0.4, 0.5) is 0 Å². The Balaban J connectivity index is 1.98. The summed E-state index contributed by atoms with van der Waals surface area (Å²) in [7, 11) is 0. The molecule has 16 N–H and O–H groups in total. The number of aromatic nitrogens is 1. The van der Waals surface area contributed by atoms with E-state index in [1.165, 1.54) is 6.20 Å². The zero-order valence-electron chi connectivity index (χ0n) is 45.1. The average Bonchev–Trinajstić information content (AvgIpc) is 3.79. The van der Waals surface area contributed by atoms with Gasteiger partial charge in [0, 0.05) is 36.4 Å².